The highest BCUT2D eigenvalue weighted by molar-refractivity contribution is 5.22. The fourth-order valence-corrected chi connectivity index (χ4v) is 1.85. The Morgan fingerprint density at radius 3 is 2.40 bits per heavy atom. The molecule has 0 saturated carbocycles. The van der Waals surface area contributed by atoms with Gasteiger partial charge >= 0.3 is 0 Å². The van der Waals surface area contributed by atoms with E-state index in [4.69, 9.17) is 0 Å². The summed E-state index contributed by atoms with van der Waals surface area (Å²) in [5, 5.41) is 7.90. The molecule has 1 rings (SSSR count). The highest BCUT2D eigenvalue weighted by atomic mass is 15.3. The third-order valence-corrected chi connectivity index (χ3v) is 3.18. The molecule has 1 N–H and O–H groups in total. The molecule has 0 amide bonds. The Morgan fingerprint density at radius 1 is 1.33 bits per heavy atom. The first-order valence-electron chi connectivity index (χ1n) is 5.78. The minimum Gasteiger partial charge on any atom is -0.315 e. The van der Waals surface area contributed by atoms with Crippen LogP contribution in [-0.4, -0.2) is 22.9 Å². The summed E-state index contributed by atoms with van der Waals surface area (Å²) in [7, 11) is 2.03. The Kier molecular flexibility index (Phi) is 4.33. The molecule has 0 fully saturated rings. The zero-order valence-electron chi connectivity index (χ0n) is 10.6. The van der Waals surface area contributed by atoms with Crippen molar-refractivity contribution in [3.63, 3.8) is 0 Å². The summed E-state index contributed by atoms with van der Waals surface area (Å²) in [5.41, 5.74) is 3.77. The maximum absolute atomic E-state index is 4.56. The summed E-state index contributed by atoms with van der Waals surface area (Å²) in [6.07, 6.45) is 2.41. The van der Waals surface area contributed by atoms with Gasteiger partial charge in [-0.05, 0) is 39.8 Å². The molecule has 0 aliphatic heterocycles. The number of nitrogens with one attached hydrogen (secondary N) is 1. The second-order valence-electron chi connectivity index (χ2n) is 4.25. The zero-order valence-corrected chi connectivity index (χ0v) is 10.6. The van der Waals surface area contributed by atoms with E-state index in [0.29, 0.717) is 6.04 Å². The van der Waals surface area contributed by atoms with Gasteiger partial charge in [0, 0.05) is 11.7 Å². The van der Waals surface area contributed by atoms with E-state index in [1.807, 2.05) is 7.05 Å². The van der Waals surface area contributed by atoms with Crippen molar-refractivity contribution < 1.29 is 0 Å². The van der Waals surface area contributed by atoms with E-state index >= 15 is 0 Å². The highest BCUT2D eigenvalue weighted by Gasteiger charge is 2.11. The molecule has 0 spiro atoms. The van der Waals surface area contributed by atoms with Crippen LogP contribution < -0.4 is 5.32 Å². The molecule has 0 aliphatic rings. The van der Waals surface area contributed by atoms with Gasteiger partial charge in [-0.15, -0.1) is 0 Å². The normalized spacial score (nSPS) is 13.1. The number of aryl methyl sites for hydroxylation is 1. The van der Waals surface area contributed by atoms with Gasteiger partial charge in [0.2, 0.25) is 0 Å². The lowest BCUT2D eigenvalue weighted by Crippen LogP contribution is -2.30. The van der Waals surface area contributed by atoms with Crippen LogP contribution >= 0.6 is 0 Å². The van der Waals surface area contributed by atoms with Gasteiger partial charge < -0.3 is 5.32 Å². The molecule has 1 unspecified atom stereocenters. The lowest BCUT2D eigenvalue weighted by molar-refractivity contribution is 0.420. The molecule has 0 saturated heterocycles. The van der Waals surface area contributed by atoms with Crippen LogP contribution in [0.3, 0.4) is 0 Å². The molecular weight excluding hydrogens is 186 g/mol. The number of hydrogen-bond donors (Lipinski definition) is 1. The van der Waals surface area contributed by atoms with Crippen LogP contribution in [0.2, 0.25) is 0 Å². The average molecular weight is 209 g/mol. The minimum absolute atomic E-state index is 0.535. The van der Waals surface area contributed by atoms with Crippen molar-refractivity contribution in [2.45, 2.75) is 53.1 Å². The standard InChI is InChI=1S/C12H23N3/c1-6-7-12(13-5)8-15-11(4)9(2)10(3)14-15/h12-13H,6-8H2,1-5H3. The molecule has 15 heavy (non-hydrogen) atoms. The van der Waals surface area contributed by atoms with Gasteiger partial charge in [0.25, 0.3) is 0 Å². The number of nitrogens with zero attached hydrogens (tertiary/aromatic N) is 2. The Morgan fingerprint density at radius 2 is 2.00 bits per heavy atom. The zero-order chi connectivity index (χ0) is 11.4. The van der Waals surface area contributed by atoms with Crippen LogP contribution in [0.15, 0.2) is 0 Å². The molecule has 0 aromatic carbocycles. The molecule has 1 atom stereocenters. The second kappa shape index (κ2) is 5.31. The summed E-state index contributed by atoms with van der Waals surface area (Å²) in [6, 6.07) is 0.535. The van der Waals surface area contributed by atoms with Crippen molar-refractivity contribution in [2.24, 2.45) is 0 Å². The van der Waals surface area contributed by atoms with Crippen molar-refractivity contribution in [1.82, 2.24) is 15.1 Å². The van der Waals surface area contributed by atoms with Crippen molar-refractivity contribution in [1.29, 1.82) is 0 Å². The van der Waals surface area contributed by atoms with Gasteiger partial charge in [0.15, 0.2) is 0 Å². The fraction of sp³-hybridized carbons (Fsp3) is 0.750. The summed E-state index contributed by atoms with van der Waals surface area (Å²) >= 11 is 0. The highest BCUT2D eigenvalue weighted by Crippen LogP contribution is 2.12. The maximum atomic E-state index is 4.56. The van der Waals surface area contributed by atoms with Gasteiger partial charge in [-0.2, -0.15) is 5.10 Å². The number of likely N-dealkylation sites (N-methyl/N-ethyl adjacent to an activating group) is 1. The molecule has 1 heterocycles. The largest absolute Gasteiger partial charge is 0.315 e. The van der Waals surface area contributed by atoms with Crippen molar-refractivity contribution in [3.05, 3.63) is 17.0 Å². The van der Waals surface area contributed by atoms with E-state index in [-0.39, 0.29) is 0 Å². The van der Waals surface area contributed by atoms with Crippen LogP contribution in [0, 0.1) is 20.8 Å². The van der Waals surface area contributed by atoms with Crippen LogP contribution in [0.4, 0.5) is 0 Å². The monoisotopic (exact) mass is 209 g/mol. The smallest absolute Gasteiger partial charge is 0.0625 e. The Bertz CT molecular complexity index is 315. The number of hydrogen-bond acceptors (Lipinski definition) is 2. The van der Waals surface area contributed by atoms with Gasteiger partial charge in [-0.1, -0.05) is 13.3 Å². The quantitative estimate of drug-likeness (QED) is 0.805. The minimum atomic E-state index is 0.535. The summed E-state index contributed by atoms with van der Waals surface area (Å²) < 4.78 is 2.13. The number of rotatable bonds is 5. The molecule has 0 aliphatic carbocycles. The summed E-state index contributed by atoms with van der Waals surface area (Å²) in [4.78, 5) is 0. The fourth-order valence-electron chi connectivity index (χ4n) is 1.85. The second-order valence-corrected chi connectivity index (χ2v) is 4.25. The first kappa shape index (κ1) is 12.2. The van der Waals surface area contributed by atoms with Gasteiger partial charge in [0.1, 0.15) is 0 Å². The third kappa shape index (κ3) is 2.81. The molecule has 86 valence electrons. The maximum Gasteiger partial charge on any atom is 0.0625 e. The molecule has 0 radical (unpaired) electrons. The van der Waals surface area contributed by atoms with E-state index in [1.165, 1.54) is 24.1 Å². The van der Waals surface area contributed by atoms with E-state index in [9.17, 15) is 0 Å². The molecular formula is C12H23N3. The van der Waals surface area contributed by atoms with Crippen LogP contribution in [0.5, 0.6) is 0 Å². The van der Waals surface area contributed by atoms with Crippen LogP contribution in [0.25, 0.3) is 0 Å². The first-order chi connectivity index (χ1) is 7.10. The van der Waals surface area contributed by atoms with E-state index in [0.717, 1.165) is 12.2 Å². The lowest BCUT2D eigenvalue weighted by atomic mass is 10.1. The molecule has 3 nitrogen and oxygen atoms in total. The lowest BCUT2D eigenvalue weighted by Gasteiger charge is -2.16. The van der Waals surface area contributed by atoms with Crippen molar-refractivity contribution in [3.8, 4) is 0 Å². The predicted octanol–water partition coefficient (Wildman–Crippen LogP) is 2.20. The van der Waals surface area contributed by atoms with Crippen LogP contribution in [0.1, 0.15) is 36.7 Å². The Labute approximate surface area is 92.9 Å². The molecule has 3 heteroatoms. The van der Waals surface area contributed by atoms with Gasteiger partial charge in [-0.25, -0.2) is 0 Å². The molecule has 0 bridgehead atoms. The molecule has 1 aromatic rings. The van der Waals surface area contributed by atoms with Gasteiger partial charge in [0.05, 0.1) is 12.2 Å². The summed E-state index contributed by atoms with van der Waals surface area (Å²) in [6.45, 7) is 9.56. The van der Waals surface area contributed by atoms with Gasteiger partial charge in [-0.3, -0.25) is 4.68 Å². The van der Waals surface area contributed by atoms with E-state index in [1.54, 1.807) is 0 Å². The van der Waals surface area contributed by atoms with E-state index in [2.05, 4.69) is 42.8 Å². The van der Waals surface area contributed by atoms with E-state index < -0.39 is 0 Å². The Balaban J connectivity index is 2.74. The summed E-state index contributed by atoms with van der Waals surface area (Å²) in [5.74, 6) is 0. The SMILES string of the molecule is CCCC(Cn1nc(C)c(C)c1C)NC. The predicted molar refractivity (Wildman–Crippen MR) is 64.2 cm³/mol. The third-order valence-electron chi connectivity index (χ3n) is 3.18. The van der Waals surface area contributed by atoms with Crippen molar-refractivity contribution >= 4 is 0 Å². The molecule has 1 aromatic heterocycles. The Hall–Kier alpha value is -0.830. The topological polar surface area (TPSA) is 29.9 Å². The number of aromatic nitrogens is 2. The van der Waals surface area contributed by atoms with Crippen molar-refractivity contribution in [2.75, 3.05) is 7.05 Å². The van der Waals surface area contributed by atoms with Crippen LogP contribution in [-0.2, 0) is 6.54 Å². The average Bonchev–Trinajstić information content (AvgIpc) is 2.46. The first-order valence-corrected chi connectivity index (χ1v) is 5.78.